The number of benzene rings is 1. The number of hydrogen-bond donors (Lipinski definition) is 0. The number of aromatic nitrogens is 1. The number of aldehydes is 1. The first-order valence-corrected chi connectivity index (χ1v) is 7.03. The van der Waals surface area contributed by atoms with Crippen LogP contribution in [0.3, 0.4) is 0 Å². The molecular formula is C16H16N2O6. The van der Waals surface area contributed by atoms with Crippen LogP contribution in [0.15, 0.2) is 24.3 Å². The Hall–Kier alpha value is -3.16. The van der Waals surface area contributed by atoms with Crippen molar-refractivity contribution in [3.05, 3.63) is 56.8 Å². The van der Waals surface area contributed by atoms with Crippen LogP contribution in [0.5, 0.6) is 5.88 Å². The van der Waals surface area contributed by atoms with Gasteiger partial charge in [-0.1, -0.05) is 12.1 Å². The van der Waals surface area contributed by atoms with E-state index in [2.05, 4.69) is 4.74 Å². The van der Waals surface area contributed by atoms with E-state index >= 15 is 0 Å². The molecule has 0 bridgehead atoms. The number of nitrogens with zero attached hydrogens (tertiary/aromatic N) is 2. The van der Waals surface area contributed by atoms with Crippen molar-refractivity contribution in [1.82, 2.24) is 4.57 Å². The number of rotatable bonds is 5. The molecule has 24 heavy (non-hydrogen) atoms. The molecule has 126 valence electrons. The molecule has 0 aliphatic carbocycles. The SMILES string of the molecule is COC(=O)Oc1c(C=O)c(C)c(C)n1Cc1cccc([N+](=O)[O-])c1. The van der Waals surface area contributed by atoms with Crippen molar-refractivity contribution in [3.8, 4) is 5.88 Å². The summed E-state index contributed by atoms with van der Waals surface area (Å²) in [6.07, 6.45) is -0.347. The van der Waals surface area contributed by atoms with Gasteiger partial charge in [0, 0.05) is 17.8 Å². The van der Waals surface area contributed by atoms with Gasteiger partial charge < -0.3 is 14.0 Å². The highest BCUT2D eigenvalue weighted by Crippen LogP contribution is 2.29. The highest BCUT2D eigenvalue weighted by atomic mass is 16.7. The molecular weight excluding hydrogens is 316 g/mol. The Morgan fingerprint density at radius 3 is 2.67 bits per heavy atom. The number of ether oxygens (including phenoxy) is 2. The van der Waals surface area contributed by atoms with E-state index in [4.69, 9.17) is 4.74 Å². The van der Waals surface area contributed by atoms with Crippen LogP contribution >= 0.6 is 0 Å². The lowest BCUT2D eigenvalue weighted by Gasteiger charge is -2.11. The number of non-ortho nitro benzene ring substituents is 1. The van der Waals surface area contributed by atoms with E-state index in [1.54, 1.807) is 30.5 Å². The van der Waals surface area contributed by atoms with Gasteiger partial charge in [-0.3, -0.25) is 14.9 Å². The number of hydrogen-bond acceptors (Lipinski definition) is 6. The summed E-state index contributed by atoms with van der Waals surface area (Å²) in [6.45, 7) is 3.70. The standard InChI is InChI=1S/C16H16N2O6/c1-10-11(2)17(15(14(10)9-19)24-16(20)23-3)8-12-5-4-6-13(7-12)18(21)22/h4-7,9H,8H2,1-3H3. The van der Waals surface area contributed by atoms with Crippen molar-refractivity contribution in [2.24, 2.45) is 0 Å². The Morgan fingerprint density at radius 1 is 1.38 bits per heavy atom. The van der Waals surface area contributed by atoms with Gasteiger partial charge in [0.25, 0.3) is 5.69 Å². The van der Waals surface area contributed by atoms with Gasteiger partial charge in [0.15, 0.2) is 6.29 Å². The fourth-order valence-corrected chi connectivity index (χ4v) is 2.37. The van der Waals surface area contributed by atoms with Gasteiger partial charge in [0.2, 0.25) is 5.88 Å². The van der Waals surface area contributed by atoms with E-state index in [1.165, 1.54) is 12.1 Å². The topological polar surface area (TPSA) is 101 Å². The van der Waals surface area contributed by atoms with Crippen molar-refractivity contribution >= 4 is 18.1 Å². The Bertz CT molecular complexity index is 809. The van der Waals surface area contributed by atoms with E-state index in [0.717, 1.165) is 7.11 Å². The van der Waals surface area contributed by atoms with E-state index in [9.17, 15) is 19.7 Å². The molecule has 1 aromatic heterocycles. The first-order chi connectivity index (χ1) is 11.4. The second-order valence-corrected chi connectivity index (χ2v) is 5.12. The molecule has 0 atom stereocenters. The third-order valence-electron chi connectivity index (χ3n) is 3.75. The molecule has 8 heteroatoms. The van der Waals surface area contributed by atoms with E-state index in [1.807, 2.05) is 0 Å². The predicted octanol–water partition coefficient (Wildman–Crippen LogP) is 3.02. The number of methoxy groups -OCH3 is 1. The molecule has 0 aliphatic rings. The Labute approximate surface area is 137 Å². The van der Waals surface area contributed by atoms with Gasteiger partial charge in [-0.05, 0) is 25.0 Å². The predicted molar refractivity (Wildman–Crippen MR) is 84.5 cm³/mol. The van der Waals surface area contributed by atoms with Crippen molar-refractivity contribution in [2.75, 3.05) is 7.11 Å². The first kappa shape index (κ1) is 17.2. The summed E-state index contributed by atoms with van der Waals surface area (Å²) in [5.41, 5.74) is 2.20. The van der Waals surface area contributed by atoms with Crippen LogP contribution in [0.1, 0.15) is 27.2 Å². The minimum absolute atomic E-state index is 0.0416. The maximum atomic E-state index is 11.5. The van der Waals surface area contributed by atoms with Gasteiger partial charge >= 0.3 is 6.16 Å². The van der Waals surface area contributed by atoms with Crippen LogP contribution in [0.2, 0.25) is 0 Å². The van der Waals surface area contributed by atoms with Crippen LogP contribution in [-0.2, 0) is 11.3 Å². The van der Waals surface area contributed by atoms with Gasteiger partial charge in [-0.25, -0.2) is 4.79 Å². The summed E-state index contributed by atoms with van der Waals surface area (Å²) in [7, 11) is 1.16. The average Bonchev–Trinajstić information content (AvgIpc) is 2.79. The Balaban J connectivity index is 2.49. The second-order valence-electron chi connectivity index (χ2n) is 5.12. The lowest BCUT2D eigenvalue weighted by molar-refractivity contribution is -0.384. The summed E-state index contributed by atoms with van der Waals surface area (Å²) < 4.78 is 11.2. The maximum Gasteiger partial charge on any atom is 0.514 e. The highest BCUT2D eigenvalue weighted by molar-refractivity contribution is 5.83. The van der Waals surface area contributed by atoms with E-state index in [0.29, 0.717) is 23.1 Å². The molecule has 0 saturated carbocycles. The van der Waals surface area contributed by atoms with Gasteiger partial charge in [0.1, 0.15) is 0 Å². The molecule has 8 nitrogen and oxygen atoms in total. The fraction of sp³-hybridized carbons (Fsp3) is 0.250. The molecule has 0 unspecified atom stereocenters. The van der Waals surface area contributed by atoms with Crippen LogP contribution in [0, 0.1) is 24.0 Å². The molecule has 0 amide bonds. The monoisotopic (exact) mass is 332 g/mol. The molecule has 1 heterocycles. The summed E-state index contributed by atoms with van der Waals surface area (Å²) in [5, 5.41) is 10.9. The van der Waals surface area contributed by atoms with Gasteiger partial charge in [-0.2, -0.15) is 0 Å². The molecule has 2 rings (SSSR count). The zero-order chi connectivity index (χ0) is 17.9. The van der Waals surface area contributed by atoms with Crippen LogP contribution in [0.4, 0.5) is 10.5 Å². The lowest BCUT2D eigenvalue weighted by atomic mass is 10.2. The summed E-state index contributed by atoms with van der Waals surface area (Å²) in [4.78, 5) is 33.2. The Morgan fingerprint density at radius 2 is 2.08 bits per heavy atom. The lowest BCUT2D eigenvalue weighted by Crippen LogP contribution is -2.13. The number of nitro groups is 1. The molecule has 0 N–H and O–H groups in total. The molecule has 2 aromatic rings. The highest BCUT2D eigenvalue weighted by Gasteiger charge is 2.22. The summed E-state index contributed by atoms with van der Waals surface area (Å²) in [6, 6.07) is 6.10. The smallest absolute Gasteiger partial charge is 0.437 e. The molecule has 0 radical (unpaired) electrons. The molecule has 0 saturated heterocycles. The second kappa shape index (κ2) is 6.95. The third kappa shape index (κ3) is 3.27. The van der Waals surface area contributed by atoms with Crippen molar-refractivity contribution in [1.29, 1.82) is 0 Å². The minimum Gasteiger partial charge on any atom is -0.437 e. The van der Waals surface area contributed by atoms with Gasteiger partial charge in [-0.15, -0.1) is 0 Å². The molecule has 0 aliphatic heterocycles. The first-order valence-electron chi connectivity index (χ1n) is 7.03. The molecule has 1 aromatic carbocycles. The van der Waals surface area contributed by atoms with Crippen molar-refractivity contribution in [3.63, 3.8) is 0 Å². The van der Waals surface area contributed by atoms with Crippen molar-refractivity contribution < 1.29 is 24.0 Å². The quantitative estimate of drug-likeness (QED) is 0.361. The third-order valence-corrected chi connectivity index (χ3v) is 3.75. The zero-order valence-corrected chi connectivity index (χ0v) is 13.4. The minimum atomic E-state index is -0.948. The van der Waals surface area contributed by atoms with E-state index in [-0.39, 0.29) is 23.7 Å². The molecule has 0 spiro atoms. The van der Waals surface area contributed by atoms with Crippen LogP contribution in [0.25, 0.3) is 0 Å². The summed E-state index contributed by atoms with van der Waals surface area (Å²) in [5.74, 6) is 0.0540. The fourth-order valence-electron chi connectivity index (χ4n) is 2.37. The number of nitro benzene ring substituents is 1. The normalized spacial score (nSPS) is 10.3. The van der Waals surface area contributed by atoms with Gasteiger partial charge in [0.05, 0.1) is 24.1 Å². The number of carbonyl (C=O) groups is 2. The largest absolute Gasteiger partial charge is 0.514 e. The van der Waals surface area contributed by atoms with Crippen molar-refractivity contribution in [2.45, 2.75) is 20.4 Å². The van der Waals surface area contributed by atoms with Crippen LogP contribution < -0.4 is 4.74 Å². The number of carbonyl (C=O) groups excluding carboxylic acids is 2. The van der Waals surface area contributed by atoms with E-state index < -0.39 is 11.1 Å². The molecule has 0 fully saturated rings. The van der Waals surface area contributed by atoms with Crippen LogP contribution in [-0.4, -0.2) is 29.0 Å². The maximum absolute atomic E-state index is 11.5. The Kier molecular flexibility index (Phi) is 4.98. The summed E-state index contributed by atoms with van der Waals surface area (Å²) >= 11 is 0. The zero-order valence-electron chi connectivity index (χ0n) is 13.4. The average molecular weight is 332 g/mol.